The van der Waals surface area contributed by atoms with Gasteiger partial charge in [0.1, 0.15) is 35.2 Å². The number of rotatable bonds is 23. The molecule has 7 heterocycles. The van der Waals surface area contributed by atoms with Gasteiger partial charge in [-0.3, -0.25) is 56.2 Å². The van der Waals surface area contributed by atoms with Crippen LogP contribution in [0.3, 0.4) is 0 Å². The van der Waals surface area contributed by atoms with Crippen molar-refractivity contribution >= 4 is 89.8 Å². The molecule has 0 saturated heterocycles. The molecular weight excluding hydrogens is 1810 g/mol. The maximum absolute atomic E-state index is 13.7. The first kappa shape index (κ1) is 95.0. The molecule has 33 heteroatoms. The third-order valence-electron chi connectivity index (χ3n) is 22.8. The number of nitrogens with zero attached hydrogens (tertiary/aromatic N) is 12. The van der Waals surface area contributed by atoms with E-state index in [0.29, 0.717) is 95.5 Å². The summed E-state index contributed by atoms with van der Waals surface area (Å²) in [4.78, 5) is 141. The molecule has 7 aromatic heterocycles. The lowest BCUT2D eigenvalue weighted by Crippen LogP contribution is -2.42. The number of benzene rings is 11. The van der Waals surface area contributed by atoms with Gasteiger partial charge in [0, 0.05) is 31.2 Å². The number of aryl methyl sites for hydroxylation is 2. The summed E-state index contributed by atoms with van der Waals surface area (Å²) in [6.07, 6.45) is -1.27. The van der Waals surface area contributed by atoms with E-state index in [0.717, 1.165) is 60.2 Å². The van der Waals surface area contributed by atoms with Crippen molar-refractivity contribution in [1.29, 1.82) is 0 Å². The zero-order chi connectivity index (χ0) is 96.3. The molecule has 0 saturated carbocycles. The van der Waals surface area contributed by atoms with Gasteiger partial charge in [0.15, 0.2) is 22.3 Å². The van der Waals surface area contributed by atoms with Crippen LogP contribution in [0.2, 0.25) is 10.0 Å². The molecule has 1 atom stereocenters. The zero-order valence-electron chi connectivity index (χ0n) is 73.7. The maximum Gasteiger partial charge on any atom is 0.416 e. The Bertz CT molecular complexity index is 8030. The predicted octanol–water partition coefficient (Wildman–Crippen LogP) is 17.1. The topological polar surface area (TPSA) is 270 Å². The van der Waals surface area contributed by atoms with Crippen molar-refractivity contribution in [2.75, 3.05) is 0 Å². The van der Waals surface area contributed by atoms with Gasteiger partial charge in [-0.05, 0) is 185 Å². The smallest absolute Gasteiger partial charge is 0.350 e. The van der Waals surface area contributed by atoms with Gasteiger partial charge in [0.05, 0.1) is 76.7 Å². The largest absolute Gasteiger partial charge is 0.416 e. The molecule has 0 fully saturated rings. The minimum absolute atomic E-state index is 0.0213. The molecule has 0 aliphatic rings. The number of fused-ring (bicyclic) bond motifs is 4. The SMILES string of the molecule is C[C@@H](c1ccccc1)n1c(=O)c2c(ncn2Cc2ccccc2)n(-c2cccc(Cl)c2)c1=O.Cc1ccc2c(c1)c(=O)n(Cc1ccccc1)c(=O)n2CC(=O)NCc1cccc(C(F)(F)F)c1.Cc1ccccc1Cn1cnc2c1c(=O)n(Cc1ccc(F)cc1)c(=O)n2-c1ccc(C(C)C)cc1.O=C(Cn1c(=O)n(Cc2ccc(F)cc2)c(=O)c2sccc21)NCc1ccc(F)c(Cl)c1. The predicted molar refractivity (Wildman–Crippen MR) is 515 cm³/mol. The summed E-state index contributed by atoms with van der Waals surface area (Å²) in [5, 5.41) is 7.63. The van der Waals surface area contributed by atoms with E-state index in [1.165, 1.54) is 105 Å². The first-order chi connectivity index (χ1) is 65.3. The number of nitrogens with one attached hydrogen (secondary N) is 2. The minimum atomic E-state index is -4.49. The van der Waals surface area contributed by atoms with Gasteiger partial charge in [0.2, 0.25) is 11.8 Å². The molecule has 2 amide bonds. The highest BCUT2D eigenvalue weighted by Gasteiger charge is 2.31. The van der Waals surface area contributed by atoms with E-state index in [-0.39, 0.29) is 61.2 Å². The van der Waals surface area contributed by atoms with Gasteiger partial charge >= 0.3 is 28.9 Å². The molecule has 0 radical (unpaired) electrons. The molecule has 0 bridgehead atoms. The highest BCUT2D eigenvalue weighted by Crippen LogP contribution is 2.31. The van der Waals surface area contributed by atoms with Gasteiger partial charge < -0.3 is 19.8 Å². The lowest BCUT2D eigenvalue weighted by molar-refractivity contribution is -0.137. The number of imidazole rings is 2. The van der Waals surface area contributed by atoms with Crippen molar-refractivity contribution in [3.63, 3.8) is 0 Å². The Morgan fingerprint density at radius 1 is 0.426 bits per heavy atom. The Balaban J connectivity index is 0.000000138. The molecule has 0 aliphatic carbocycles. The monoisotopic (exact) mass is 1890 g/mol. The Morgan fingerprint density at radius 3 is 1.50 bits per heavy atom. The Morgan fingerprint density at radius 2 is 0.926 bits per heavy atom. The number of amides is 2. The highest BCUT2D eigenvalue weighted by atomic mass is 35.5. The molecule has 11 aromatic carbocycles. The summed E-state index contributed by atoms with van der Waals surface area (Å²) < 4.78 is 92.7. The molecule has 690 valence electrons. The van der Waals surface area contributed by atoms with Crippen LogP contribution >= 0.6 is 34.5 Å². The Kier molecular flexibility index (Phi) is 29.1. The van der Waals surface area contributed by atoms with Gasteiger partial charge in [-0.25, -0.2) is 51.5 Å². The van der Waals surface area contributed by atoms with Crippen LogP contribution in [-0.4, -0.2) is 67.5 Å². The fraction of sp³-hybridized carbons (Fsp3) is 0.165. The number of halogens is 8. The average Bonchev–Trinajstić information content (AvgIpc) is 1.55. The summed E-state index contributed by atoms with van der Waals surface area (Å²) in [6, 6.07) is 77.2. The number of aromatic nitrogens is 12. The molecule has 136 heavy (non-hydrogen) atoms. The van der Waals surface area contributed by atoms with Crippen LogP contribution in [0.5, 0.6) is 0 Å². The average molecular weight is 1900 g/mol. The fourth-order valence-corrected chi connectivity index (χ4v) is 16.9. The second-order valence-corrected chi connectivity index (χ2v) is 34.3. The van der Waals surface area contributed by atoms with Crippen LogP contribution in [-0.2, 0) is 74.7 Å². The van der Waals surface area contributed by atoms with Crippen LogP contribution in [0.25, 0.3) is 54.8 Å². The van der Waals surface area contributed by atoms with Gasteiger partial charge in [-0.15, -0.1) is 11.3 Å². The summed E-state index contributed by atoms with van der Waals surface area (Å²) >= 11 is 13.2. The Labute approximate surface area is 785 Å². The van der Waals surface area contributed by atoms with Crippen molar-refractivity contribution in [3.05, 3.63) is 475 Å². The van der Waals surface area contributed by atoms with Crippen LogP contribution in [0.4, 0.5) is 26.3 Å². The molecule has 24 nitrogen and oxygen atoms in total. The summed E-state index contributed by atoms with van der Waals surface area (Å²) in [5.74, 6) is -2.05. The van der Waals surface area contributed by atoms with Crippen molar-refractivity contribution in [2.45, 2.75) is 112 Å². The number of hydrogen-bond acceptors (Lipinski definition) is 13. The zero-order valence-corrected chi connectivity index (χ0v) is 76.0. The lowest BCUT2D eigenvalue weighted by Gasteiger charge is -2.18. The van der Waals surface area contributed by atoms with E-state index in [1.54, 1.807) is 112 Å². The molecular formula is C103H86Cl2F6N14O10S. The van der Waals surface area contributed by atoms with Crippen molar-refractivity contribution in [3.8, 4) is 11.4 Å². The van der Waals surface area contributed by atoms with E-state index in [9.17, 15) is 74.3 Å². The first-order valence-electron chi connectivity index (χ1n) is 42.9. The summed E-state index contributed by atoms with van der Waals surface area (Å²) in [6.45, 7) is 10.0. The van der Waals surface area contributed by atoms with Crippen LogP contribution in [0.1, 0.15) is 99.5 Å². The third kappa shape index (κ3) is 21.5. The van der Waals surface area contributed by atoms with E-state index < -0.39 is 87.2 Å². The molecule has 2 N–H and O–H groups in total. The molecule has 0 spiro atoms. The van der Waals surface area contributed by atoms with Crippen molar-refractivity contribution in [1.82, 2.24) is 66.3 Å². The maximum atomic E-state index is 13.7. The first-order valence-corrected chi connectivity index (χ1v) is 44.5. The fourth-order valence-electron chi connectivity index (χ4n) is 15.6. The highest BCUT2D eigenvalue weighted by molar-refractivity contribution is 7.17. The van der Waals surface area contributed by atoms with Gasteiger partial charge in [-0.1, -0.05) is 225 Å². The molecule has 18 aromatic rings. The van der Waals surface area contributed by atoms with Crippen molar-refractivity contribution < 1.29 is 35.9 Å². The summed E-state index contributed by atoms with van der Waals surface area (Å²) in [7, 11) is 0. The number of hydrogen-bond donors (Lipinski definition) is 2. The molecule has 0 unspecified atom stereocenters. The minimum Gasteiger partial charge on any atom is -0.350 e. The summed E-state index contributed by atoms with van der Waals surface area (Å²) in [5.41, 5.74) is 7.23. The van der Waals surface area contributed by atoms with Crippen LogP contribution < -0.4 is 55.6 Å². The second kappa shape index (κ2) is 41.7. The molecule has 18 rings (SSSR count). The van der Waals surface area contributed by atoms with Crippen molar-refractivity contribution in [2.24, 2.45) is 0 Å². The van der Waals surface area contributed by atoms with E-state index in [1.807, 2.05) is 136 Å². The van der Waals surface area contributed by atoms with E-state index in [2.05, 4.69) is 34.4 Å². The second-order valence-electron chi connectivity index (χ2n) is 32.5. The number of alkyl halides is 3. The third-order valence-corrected chi connectivity index (χ3v) is 24.2. The van der Waals surface area contributed by atoms with Crippen LogP contribution in [0.15, 0.2) is 335 Å². The number of carbonyl (C=O) groups excluding carboxylic acids is 2. The quantitative estimate of drug-likeness (QED) is 0.0566. The van der Waals surface area contributed by atoms with Crippen LogP contribution in [0, 0.1) is 31.3 Å². The molecule has 0 aliphatic heterocycles. The number of carbonyl (C=O) groups is 2. The van der Waals surface area contributed by atoms with E-state index in [4.69, 9.17) is 23.2 Å². The van der Waals surface area contributed by atoms with E-state index >= 15 is 0 Å². The van der Waals surface area contributed by atoms with Gasteiger partial charge in [-0.2, -0.15) is 13.2 Å². The number of thiophene rings is 1. The standard InChI is InChI=1S/C29H27FN4O2.C26H21ClN4O2.C26H22F3N3O3.C22H16ClF2N3O3S/c1-19(2)22-10-14-25(15-11-22)34-27-26(32(18-31-27)17-23-7-5-4-6-20(23)3)28(35)33(29(34)36)16-21-8-12-24(30)13-9-21;1-18(20-11-6-3-7-12-20)30-25(32)23-24(28-17-29(23)16-19-9-4-2-5-10-19)31(26(30)33)22-14-8-13-21(27)15-22;1-17-10-11-22-21(12-17)24(34)32(15-18-6-3-2-4-7-18)25(35)31(22)16-23(33)30-14-19-8-5-9-20(13-19)26(27,28)29;23-16-9-14(3-6-17(16)25)10-26-19(29)12-27-18-7-8-32-20(18)21(30)28(22(27)31)11-13-1-4-15(24)5-2-13/h4-15,18-19H,16-17H2,1-3H3;2-15,17-18H,16H2,1H3;2-13H,14-16H2,1H3,(H,30,33);1-9H,10-12H2,(H,26,29)/t;18-;;/m.0../s1. The Hall–Kier alpha value is -15.6. The lowest BCUT2D eigenvalue weighted by atomic mass is 10.0. The normalized spacial score (nSPS) is 11.6. The van der Waals surface area contributed by atoms with Gasteiger partial charge in [0.25, 0.3) is 22.2 Å².